The number of nitrogens with two attached hydrogens (primary N) is 1. The van der Waals surface area contributed by atoms with Crippen molar-refractivity contribution in [1.82, 2.24) is 4.90 Å². The summed E-state index contributed by atoms with van der Waals surface area (Å²) in [7, 11) is -2.30. The Morgan fingerprint density at radius 2 is 2.05 bits per heavy atom. The highest BCUT2D eigenvalue weighted by atomic mass is 79.9. The van der Waals surface area contributed by atoms with Gasteiger partial charge in [-0.2, -0.15) is 0 Å². The zero-order valence-electron chi connectivity index (χ0n) is 10.1. The fourth-order valence-corrected chi connectivity index (χ4v) is 3.52. The average Bonchev–Trinajstić information content (AvgIpc) is 3.12. The Balaban J connectivity index is 2.51. The first-order valence-electron chi connectivity index (χ1n) is 5.51. The molecule has 0 atom stereocenters. The summed E-state index contributed by atoms with van der Waals surface area (Å²) in [5.41, 5.74) is 0.134. The normalized spacial score (nSPS) is 15.4. The molecule has 104 valence electrons. The molecule has 1 aliphatic rings. The summed E-state index contributed by atoms with van der Waals surface area (Å²) in [6, 6.07) is 2.99. The minimum Gasteiger partial charge on any atom is -0.339 e. The molecular formula is C11H12BrClN2O3S. The molecule has 8 heteroatoms. The Labute approximate surface area is 124 Å². The lowest BCUT2D eigenvalue weighted by molar-refractivity contribution is 0.0785. The van der Waals surface area contributed by atoms with Crippen molar-refractivity contribution in [3.63, 3.8) is 0 Å². The lowest BCUT2D eigenvalue weighted by Crippen LogP contribution is -2.29. The second-order valence-electron chi connectivity index (χ2n) is 4.46. The first-order chi connectivity index (χ1) is 8.71. The molecule has 0 spiro atoms. The van der Waals surface area contributed by atoms with Crippen LogP contribution in [0.3, 0.4) is 0 Å². The Hall–Kier alpha value is -0.630. The van der Waals surface area contributed by atoms with Crippen molar-refractivity contribution >= 4 is 43.5 Å². The number of hydrogen-bond donors (Lipinski definition) is 1. The topological polar surface area (TPSA) is 80.5 Å². The first-order valence-corrected chi connectivity index (χ1v) is 8.22. The molecule has 0 saturated heterocycles. The Morgan fingerprint density at radius 1 is 1.47 bits per heavy atom. The van der Waals surface area contributed by atoms with Crippen molar-refractivity contribution in [2.75, 3.05) is 7.05 Å². The smallest absolute Gasteiger partial charge is 0.255 e. The number of benzene rings is 1. The molecule has 1 aromatic rings. The maximum absolute atomic E-state index is 12.3. The summed E-state index contributed by atoms with van der Waals surface area (Å²) in [4.78, 5) is 13.6. The lowest BCUT2D eigenvalue weighted by Gasteiger charge is -2.18. The summed E-state index contributed by atoms with van der Waals surface area (Å²) in [5, 5.41) is 4.95. The number of amides is 1. The molecular weight excluding hydrogens is 356 g/mol. The molecule has 2 N–H and O–H groups in total. The summed E-state index contributed by atoms with van der Waals surface area (Å²) in [6.07, 6.45) is 1.91. The van der Waals surface area contributed by atoms with Crippen molar-refractivity contribution in [3.05, 3.63) is 27.2 Å². The molecule has 0 aliphatic heterocycles. The predicted octanol–water partition coefficient (Wildman–Crippen LogP) is 1.98. The summed E-state index contributed by atoms with van der Waals surface area (Å²) >= 11 is 9.16. The third kappa shape index (κ3) is 3.10. The van der Waals surface area contributed by atoms with Crippen LogP contribution in [0.15, 0.2) is 21.5 Å². The molecule has 0 aromatic heterocycles. The molecule has 1 saturated carbocycles. The summed E-state index contributed by atoms with van der Waals surface area (Å²) < 4.78 is 23.3. The van der Waals surface area contributed by atoms with Gasteiger partial charge in [0.25, 0.3) is 5.91 Å². The fraction of sp³-hybridized carbons (Fsp3) is 0.364. The van der Waals surface area contributed by atoms with Gasteiger partial charge in [0.15, 0.2) is 0 Å². The highest BCUT2D eigenvalue weighted by molar-refractivity contribution is 9.10. The van der Waals surface area contributed by atoms with Crippen LogP contribution < -0.4 is 5.14 Å². The monoisotopic (exact) mass is 366 g/mol. The van der Waals surface area contributed by atoms with E-state index < -0.39 is 10.0 Å². The van der Waals surface area contributed by atoms with Gasteiger partial charge < -0.3 is 4.90 Å². The third-order valence-electron chi connectivity index (χ3n) is 2.96. The second kappa shape index (κ2) is 5.05. The van der Waals surface area contributed by atoms with E-state index in [4.69, 9.17) is 16.7 Å². The number of carbonyl (C=O) groups is 1. The van der Waals surface area contributed by atoms with E-state index in [2.05, 4.69) is 15.9 Å². The van der Waals surface area contributed by atoms with E-state index in [1.54, 1.807) is 11.9 Å². The van der Waals surface area contributed by atoms with Crippen LogP contribution in [0.25, 0.3) is 0 Å². The van der Waals surface area contributed by atoms with Crippen LogP contribution in [0.4, 0.5) is 0 Å². The zero-order valence-corrected chi connectivity index (χ0v) is 13.2. The van der Waals surface area contributed by atoms with Gasteiger partial charge in [-0.3, -0.25) is 4.79 Å². The number of hydrogen-bond acceptors (Lipinski definition) is 3. The molecule has 1 aliphatic carbocycles. The van der Waals surface area contributed by atoms with E-state index in [1.165, 1.54) is 12.1 Å². The van der Waals surface area contributed by atoms with E-state index in [-0.39, 0.29) is 27.4 Å². The van der Waals surface area contributed by atoms with Crippen LogP contribution in [0.1, 0.15) is 23.2 Å². The third-order valence-corrected chi connectivity index (χ3v) is 4.87. The quantitative estimate of drug-likeness (QED) is 0.887. The maximum Gasteiger partial charge on any atom is 0.255 e. The van der Waals surface area contributed by atoms with E-state index in [1.807, 2.05) is 0 Å². The Bertz CT molecular complexity index is 644. The van der Waals surface area contributed by atoms with E-state index in [0.29, 0.717) is 4.47 Å². The van der Waals surface area contributed by atoms with Gasteiger partial charge >= 0.3 is 0 Å². The van der Waals surface area contributed by atoms with Crippen molar-refractivity contribution in [3.8, 4) is 0 Å². The minimum atomic E-state index is -3.98. The van der Waals surface area contributed by atoms with Crippen LogP contribution in [0.5, 0.6) is 0 Å². The van der Waals surface area contributed by atoms with Gasteiger partial charge in [-0.15, -0.1) is 0 Å². The fourth-order valence-electron chi connectivity index (χ4n) is 1.74. The maximum atomic E-state index is 12.3. The molecule has 5 nitrogen and oxygen atoms in total. The number of primary sulfonamides is 1. The lowest BCUT2D eigenvalue weighted by atomic mass is 10.2. The van der Waals surface area contributed by atoms with Gasteiger partial charge in [0.1, 0.15) is 4.90 Å². The van der Waals surface area contributed by atoms with Crippen LogP contribution in [0, 0.1) is 0 Å². The number of sulfonamides is 1. The van der Waals surface area contributed by atoms with Gasteiger partial charge in [0, 0.05) is 17.6 Å². The molecule has 0 unspecified atom stereocenters. The van der Waals surface area contributed by atoms with Crippen LogP contribution >= 0.6 is 27.5 Å². The first kappa shape index (κ1) is 14.8. The van der Waals surface area contributed by atoms with Gasteiger partial charge in [0.2, 0.25) is 10.0 Å². The summed E-state index contributed by atoms with van der Waals surface area (Å²) in [6.45, 7) is 0. The second-order valence-corrected chi connectivity index (χ2v) is 7.28. The van der Waals surface area contributed by atoms with Gasteiger partial charge in [-0.25, -0.2) is 13.6 Å². The summed E-state index contributed by atoms with van der Waals surface area (Å²) in [5.74, 6) is -0.307. The highest BCUT2D eigenvalue weighted by Crippen LogP contribution is 2.32. The highest BCUT2D eigenvalue weighted by Gasteiger charge is 2.32. The molecule has 1 amide bonds. The Morgan fingerprint density at radius 3 is 2.53 bits per heavy atom. The standard InChI is InChI=1S/C11H12BrClN2O3S/c1-15(7-2-3-7)11(16)8-4-6(12)5-9(10(8)13)19(14,17)18/h4-5,7H,2-3H2,1H3,(H2,14,17,18). The molecule has 19 heavy (non-hydrogen) atoms. The predicted molar refractivity (Wildman–Crippen MR) is 75.6 cm³/mol. The Kier molecular flexibility index (Phi) is 3.92. The van der Waals surface area contributed by atoms with Gasteiger partial charge in [0.05, 0.1) is 10.6 Å². The zero-order chi connectivity index (χ0) is 14.4. The SMILES string of the molecule is CN(C(=O)c1cc(Br)cc(S(N)(=O)=O)c1Cl)C1CC1. The van der Waals surface area contributed by atoms with Gasteiger partial charge in [-0.05, 0) is 25.0 Å². The van der Waals surface area contributed by atoms with Crippen molar-refractivity contribution in [1.29, 1.82) is 0 Å². The molecule has 0 heterocycles. The van der Waals surface area contributed by atoms with Crippen molar-refractivity contribution in [2.24, 2.45) is 5.14 Å². The van der Waals surface area contributed by atoms with E-state index >= 15 is 0 Å². The van der Waals surface area contributed by atoms with Crippen LogP contribution in [-0.2, 0) is 10.0 Å². The molecule has 1 fully saturated rings. The average molecular weight is 368 g/mol. The van der Waals surface area contributed by atoms with Crippen molar-refractivity contribution < 1.29 is 13.2 Å². The number of nitrogens with zero attached hydrogens (tertiary/aromatic N) is 1. The number of halogens is 2. The van der Waals surface area contributed by atoms with Crippen molar-refractivity contribution in [2.45, 2.75) is 23.8 Å². The van der Waals surface area contributed by atoms with Crippen LogP contribution in [0.2, 0.25) is 5.02 Å². The molecule has 0 bridgehead atoms. The molecule has 0 radical (unpaired) electrons. The number of carbonyl (C=O) groups excluding carboxylic acids is 1. The molecule has 2 rings (SSSR count). The van der Waals surface area contributed by atoms with E-state index in [0.717, 1.165) is 12.8 Å². The van der Waals surface area contributed by atoms with Gasteiger partial charge in [-0.1, -0.05) is 27.5 Å². The largest absolute Gasteiger partial charge is 0.339 e. The van der Waals surface area contributed by atoms with Crippen LogP contribution in [-0.4, -0.2) is 32.3 Å². The number of rotatable bonds is 3. The molecule has 1 aromatic carbocycles. The minimum absolute atomic E-state index is 0.134. The van der Waals surface area contributed by atoms with E-state index in [9.17, 15) is 13.2 Å².